The first-order chi connectivity index (χ1) is 14.2. The zero-order valence-electron chi connectivity index (χ0n) is 15.4. The third kappa shape index (κ3) is 3.84. The van der Waals surface area contributed by atoms with E-state index in [2.05, 4.69) is 10.3 Å². The first-order valence-electron chi connectivity index (χ1n) is 8.70. The molecule has 0 saturated carbocycles. The van der Waals surface area contributed by atoms with E-state index >= 15 is 0 Å². The number of hydrogen-bond donors (Lipinski definition) is 1. The predicted molar refractivity (Wildman–Crippen MR) is 108 cm³/mol. The number of hydrogen-bond acceptors (Lipinski definition) is 5. The lowest BCUT2D eigenvalue weighted by molar-refractivity contribution is -0.137. The van der Waals surface area contributed by atoms with Crippen molar-refractivity contribution in [1.29, 1.82) is 0 Å². The van der Waals surface area contributed by atoms with Crippen molar-refractivity contribution in [1.82, 2.24) is 4.98 Å². The molecular formula is C21H13F3N2O3S. The fourth-order valence-electron chi connectivity index (χ4n) is 2.92. The predicted octanol–water partition coefficient (Wildman–Crippen LogP) is 5.50. The van der Waals surface area contributed by atoms with Gasteiger partial charge in [0.25, 0.3) is 5.91 Å². The van der Waals surface area contributed by atoms with E-state index in [1.165, 1.54) is 41.7 Å². The maximum atomic E-state index is 13.0. The highest BCUT2D eigenvalue weighted by Crippen LogP contribution is 2.33. The average molecular weight is 430 g/mol. The number of anilines is 1. The Hall–Kier alpha value is -3.46. The lowest BCUT2D eigenvalue weighted by Gasteiger charge is -2.10. The molecule has 0 aliphatic carbocycles. The van der Waals surface area contributed by atoms with E-state index in [0.29, 0.717) is 5.13 Å². The third-order valence-electron chi connectivity index (χ3n) is 4.32. The third-order valence-corrected chi connectivity index (χ3v) is 5.14. The molecule has 0 bridgehead atoms. The fraction of sp³-hybridized carbons (Fsp3) is 0.0952. The Labute approximate surface area is 171 Å². The summed E-state index contributed by atoms with van der Waals surface area (Å²) in [5.41, 5.74) is -1.19. The quantitative estimate of drug-likeness (QED) is 0.466. The van der Waals surface area contributed by atoms with Gasteiger partial charge in [0.05, 0.1) is 16.5 Å². The maximum Gasteiger partial charge on any atom is 0.416 e. The van der Waals surface area contributed by atoms with Crippen molar-refractivity contribution in [3.8, 4) is 11.3 Å². The van der Waals surface area contributed by atoms with Crippen LogP contribution in [0.4, 0.5) is 18.3 Å². The largest absolute Gasteiger partial charge is 0.455 e. The smallest absolute Gasteiger partial charge is 0.416 e. The van der Waals surface area contributed by atoms with Gasteiger partial charge in [-0.3, -0.25) is 14.9 Å². The molecule has 0 fully saturated rings. The van der Waals surface area contributed by atoms with Crippen LogP contribution in [-0.4, -0.2) is 10.9 Å². The van der Waals surface area contributed by atoms with Gasteiger partial charge in [-0.15, -0.1) is 11.3 Å². The lowest BCUT2D eigenvalue weighted by Crippen LogP contribution is -2.13. The molecule has 0 aliphatic heterocycles. The molecule has 1 N–H and O–H groups in total. The van der Waals surface area contributed by atoms with Crippen LogP contribution in [0, 0.1) is 6.92 Å². The second-order valence-corrected chi connectivity index (χ2v) is 7.70. The van der Waals surface area contributed by atoms with E-state index < -0.39 is 23.1 Å². The molecule has 0 atom stereocenters. The molecular weight excluding hydrogens is 417 g/mol. The minimum absolute atomic E-state index is 0.0109. The SMILES string of the molecule is Cc1cnc(NC(=O)c2cccc3c(=O)cc(-c4cccc(C(F)(F)F)c4)oc23)s1. The molecule has 2 heterocycles. The minimum Gasteiger partial charge on any atom is -0.455 e. The summed E-state index contributed by atoms with van der Waals surface area (Å²) in [6, 6.07) is 10.1. The van der Waals surface area contributed by atoms with Gasteiger partial charge in [0.15, 0.2) is 16.1 Å². The summed E-state index contributed by atoms with van der Waals surface area (Å²) >= 11 is 1.28. The molecule has 152 valence electrons. The van der Waals surface area contributed by atoms with Crippen molar-refractivity contribution in [2.24, 2.45) is 0 Å². The zero-order chi connectivity index (χ0) is 21.5. The van der Waals surface area contributed by atoms with Crippen molar-refractivity contribution < 1.29 is 22.4 Å². The van der Waals surface area contributed by atoms with Crippen LogP contribution in [0.15, 0.2) is 63.9 Å². The van der Waals surface area contributed by atoms with E-state index in [4.69, 9.17) is 4.42 Å². The molecule has 5 nitrogen and oxygen atoms in total. The summed E-state index contributed by atoms with van der Waals surface area (Å²) in [6.07, 6.45) is -2.93. The number of fused-ring (bicyclic) bond motifs is 1. The summed E-state index contributed by atoms with van der Waals surface area (Å²) in [7, 11) is 0. The Morgan fingerprint density at radius 3 is 2.60 bits per heavy atom. The normalized spacial score (nSPS) is 11.6. The molecule has 4 rings (SSSR count). The van der Waals surface area contributed by atoms with Gasteiger partial charge in [-0.25, -0.2) is 4.98 Å². The molecule has 30 heavy (non-hydrogen) atoms. The van der Waals surface area contributed by atoms with Gasteiger partial charge in [0, 0.05) is 22.7 Å². The van der Waals surface area contributed by atoms with Gasteiger partial charge >= 0.3 is 6.18 Å². The summed E-state index contributed by atoms with van der Waals surface area (Å²) in [5, 5.41) is 3.16. The number of thiazole rings is 1. The number of nitrogens with one attached hydrogen (secondary N) is 1. The molecule has 2 aromatic heterocycles. The van der Waals surface area contributed by atoms with E-state index in [9.17, 15) is 22.8 Å². The highest BCUT2D eigenvalue weighted by atomic mass is 32.1. The summed E-state index contributed by atoms with van der Waals surface area (Å²) < 4.78 is 44.9. The number of para-hydroxylation sites is 1. The van der Waals surface area contributed by atoms with Crippen LogP contribution in [0.2, 0.25) is 0 Å². The maximum absolute atomic E-state index is 13.0. The van der Waals surface area contributed by atoms with Crippen molar-refractivity contribution in [3.05, 3.63) is 81.0 Å². The Kier molecular flexibility index (Phi) is 4.90. The van der Waals surface area contributed by atoms with Gasteiger partial charge < -0.3 is 4.42 Å². The summed E-state index contributed by atoms with van der Waals surface area (Å²) in [6.45, 7) is 1.84. The standard InChI is InChI=1S/C21H13F3N2O3S/c1-11-10-25-20(30-11)26-19(28)15-7-3-6-14-16(27)9-17(29-18(14)15)12-4-2-5-13(8-12)21(22,23)24/h2-10H,1H3,(H,25,26,28). The Morgan fingerprint density at radius 1 is 1.13 bits per heavy atom. The lowest BCUT2D eigenvalue weighted by atomic mass is 10.1. The van der Waals surface area contributed by atoms with Gasteiger partial charge in [-0.2, -0.15) is 13.2 Å². The van der Waals surface area contributed by atoms with Crippen LogP contribution < -0.4 is 10.7 Å². The first kappa shape index (κ1) is 19.8. The number of benzene rings is 2. The van der Waals surface area contributed by atoms with Gasteiger partial charge in [-0.05, 0) is 31.2 Å². The number of carbonyl (C=O) groups excluding carboxylic acids is 1. The first-order valence-corrected chi connectivity index (χ1v) is 9.52. The van der Waals surface area contributed by atoms with E-state index in [1.54, 1.807) is 6.20 Å². The van der Waals surface area contributed by atoms with Gasteiger partial charge in [-0.1, -0.05) is 18.2 Å². The number of carbonyl (C=O) groups is 1. The fourth-order valence-corrected chi connectivity index (χ4v) is 3.58. The molecule has 2 aromatic carbocycles. The number of aryl methyl sites for hydroxylation is 1. The molecule has 0 aliphatic rings. The molecule has 0 radical (unpaired) electrons. The Balaban J connectivity index is 1.82. The van der Waals surface area contributed by atoms with Crippen molar-refractivity contribution in [2.45, 2.75) is 13.1 Å². The summed E-state index contributed by atoms with van der Waals surface area (Å²) in [5.74, 6) is -0.608. The van der Waals surface area contributed by atoms with E-state index in [1.807, 2.05) is 6.92 Å². The average Bonchev–Trinajstić information content (AvgIpc) is 3.11. The van der Waals surface area contributed by atoms with Crippen LogP contribution in [0.1, 0.15) is 20.8 Å². The van der Waals surface area contributed by atoms with Crippen LogP contribution in [0.5, 0.6) is 0 Å². The van der Waals surface area contributed by atoms with E-state index in [0.717, 1.165) is 23.1 Å². The topological polar surface area (TPSA) is 72.2 Å². The molecule has 0 unspecified atom stereocenters. The highest BCUT2D eigenvalue weighted by molar-refractivity contribution is 7.15. The number of rotatable bonds is 3. The van der Waals surface area contributed by atoms with Gasteiger partial charge in [0.2, 0.25) is 0 Å². The van der Waals surface area contributed by atoms with Crippen LogP contribution in [0.25, 0.3) is 22.3 Å². The van der Waals surface area contributed by atoms with Crippen molar-refractivity contribution in [2.75, 3.05) is 5.32 Å². The highest BCUT2D eigenvalue weighted by Gasteiger charge is 2.30. The second kappa shape index (κ2) is 7.42. The van der Waals surface area contributed by atoms with E-state index in [-0.39, 0.29) is 27.9 Å². The Bertz CT molecular complexity index is 1330. The minimum atomic E-state index is -4.54. The number of amides is 1. The molecule has 1 amide bonds. The molecule has 4 aromatic rings. The van der Waals surface area contributed by atoms with Crippen molar-refractivity contribution >= 4 is 33.3 Å². The molecule has 9 heteroatoms. The van der Waals surface area contributed by atoms with Crippen LogP contribution >= 0.6 is 11.3 Å². The van der Waals surface area contributed by atoms with Crippen molar-refractivity contribution in [3.63, 3.8) is 0 Å². The van der Waals surface area contributed by atoms with Crippen LogP contribution in [-0.2, 0) is 6.18 Å². The Morgan fingerprint density at radius 2 is 1.90 bits per heavy atom. The monoisotopic (exact) mass is 430 g/mol. The molecule has 0 saturated heterocycles. The number of alkyl halides is 3. The molecule has 0 spiro atoms. The summed E-state index contributed by atoms with van der Waals surface area (Å²) in [4.78, 5) is 30.3. The van der Waals surface area contributed by atoms with Gasteiger partial charge in [0.1, 0.15) is 5.76 Å². The zero-order valence-corrected chi connectivity index (χ0v) is 16.2. The van der Waals surface area contributed by atoms with Crippen LogP contribution in [0.3, 0.4) is 0 Å². The number of aromatic nitrogens is 1. The second-order valence-electron chi connectivity index (χ2n) is 6.47. The number of halogens is 3. The number of nitrogens with zero attached hydrogens (tertiary/aromatic N) is 1.